The van der Waals surface area contributed by atoms with Crippen molar-refractivity contribution in [2.75, 3.05) is 19.5 Å². The molecule has 2 aromatic carbocycles. The first-order valence-corrected chi connectivity index (χ1v) is 9.18. The number of anilines is 1. The first-order valence-electron chi connectivity index (χ1n) is 8.36. The summed E-state index contributed by atoms with van der Waals surface area (Å²) in [5.74, 6) is 1.07. The third-order valence-electron chi connectivity index (χ3n) is 3.72. The number of nitrogen functional groups attached to an aromatic ring is 1. The normalized spacial score (nSPS) is 11.0. The summed E-state index contributed by atoms with van der Waals surface area (Å²) in [4.78, 5) is 16.3. The van der Waals surface area contributed by atoms with Crippen LogP contribution in [0.3, 0.4) is 0 Å². The Morgan fingerprint density at radius 1 is 1.30 bits per heavy atom. The summed E-state index contributed by atoms with van der Waals surface area (Å²) < 4.78 is 11.7. The van der Waals surface area contributed by atoms with Crippen LogP contribution in [0.5, 0.6) is 11.5 Å². The van der Waals surface area contributed by atoms with Gasteiger partial charge in [-0.2, -0.15) is 5.10 Å². The Morgan fingerprint density at radius 3 is 2.93 bits per heavy atom. The maximum Gasteiger partial charge on any atom is 0.244 e. The van der Waals surface area contributed by atoms with Gasteiger partial charge < -0.3 is 15.2 Å². The highest BCUT2D eigenvalue weighted by Gasteiger charge is 2.07. The Hall–Kier alpha value is -3.13. The number of nitrogens with two attached hydrogens (primary N) is 1. The minimum absolute atomic E-state index is 0.207. The van der Waals surface area contributed by atoms with E-state index in [1.807, 2.05) is 37.3 Å². The first kappa shape index (κ1) is 18.7. The molecule has 3 rings (SSSR count). The second-order valence-electron chi connectivity index (χ2n) is 5.67. The second-order valence-corrected chi connectivity index (χ2v) is 6.73. The molecule has 1 amide bonds. The molecule has 0 fully saturated rings. The number of nitrogens with zero attached hydrogens (tertiary/aromatic N) is 2. The molecule has 0 bridgehead atoms. The lowest BCUT2D eigenvalue weighted by molar-refractivity contribution is -0.120. The topological polar surface area (TPSA) is 98.8 Å². The number of nitrogens with one attached hydrogen (secondary N) is 1. The van der Waals surface area contributed by atoms with E-state index in [-0.39, 0.29) is 12.3 Å². The summed E-state index contributed by atoms with van der Waals surface area (Å²) in [7, 11) is 1.58. The highest BCUT2D eigenvalue weighted by Crippen LogP contribution is 2.27. The SMILES string of the molecule is CCOc1ccc(/C=N\NC(=O)Cc2ccc3nc(N)sc3c2)cc1OC. The van der Waals surface area contributed by atoms with Crippen molar-refractivity contribution in [1.82, 2.24) is 10.4 Å². The van der Waals surface area contributed by atoms with Crippen LogP contribution in [0.15, 0.2) is 41.5 Å². The number of hydrogen-bond acceptors (Lipinski definition) is 7. The predicted molar refractivity (Wildman–Crippen MR) is 108 cm³/mol. The number of rotatable bonds is 7. The lowest BCUT2D eigenvalue weighted by atomic mass is 10.1. The average Bonchev–Trinajstić information content (AvgIpc) is 3.02. The first-order chi connectivity index (χ1) is 13.1. The van der Waals surface area contributed by atoms with Crippen molar-refractivity contribution >= 4 is 38.8 Å². The Morgan fingerprint density at radius 2 is 2.15 bits per heavy atom. The van der Waals surface area contributed by atoms with Crippen LogP contribution in [0.1, 0.15) is 18.1 Å². The molecule has 3 N–H and O–H groups in total. The number of amides is 1. The monoisotopic (exact) mass is 384 g/mol. The third kappa shape index (κ3) is 4.73. The van der Waals surface area contributed by atoms with Crippen molar-refractivity contribution in [3.63, 3.8) is 0 Å². The van der Waals surface area contributed by atoms with E-state index in [1.54, 1.807) is 19.4 Å². The molecule has 3 aromatic rings. The molecule has 0 saturated heterocycles. The summed E-state index contributed by atoms with van der Waals surface area (Å²) in [6.45, 7) is 2.46. The van der Waals surface area contributed by atoms with Gasteiger partial charge in [-0.05, 0) is 48.4 Å². The number of benzene rings is 2. The molecule has 27 heavy (non-hydrogen) atoms. The van der Waals surface area contributed by atoms with Crippen molar-refractivity contribution in [2.24, 2.45) is 5.10 Å². The van der Waals surface area contributed by atoms with Crippen LogP contribution >= 0.6 is 11.3 Å². The number of carbonyl (C=O) groups excluding carboxylic acids is 1. The van der Waals surface area contributed by atoms with Crippen LogP contribution in [0, 0.1) is 0 Å². The Kier molecular flexibility index (Phi) is 5.87. The van der Waals surface area contributed by atoms with E-state index in [4.69, 9.17) is 15.2 Å². The molecule has 1 heterocycles. The van der Waals surface area contributed by atoms with E-state index >= 15 is 0 Å². The molecule has 7 nitrogen and oxygen atoms in total. The Bertz CT molecular complexity index is 984. The van der Waals surface area contributed by atoms with Gasteiger partial charge in [0.05, 0.1) is 36.6 Å². The van der Waals surface area contributed by atoms with Gasteiger partial charge in [-0.25, -0.2) is 10.4 Å². The van der Waals surface area contributed by atoms with Crippen LogP contribution in [0.25, 0.3) is 10.2 Å². The lowest BCUT2D eigenvalue weighted by Crippen LogP contribution is -2.19. The molecule has 0 aliphatic heterocycles. The Balaban J connectivity index is 1.60. The molecule has 0 radical (unpaired) electrons. The summed E-state index contributed by atoms with van der Waals surface area (Å²) in [6.07, 6.45) is 1.78. The molecular weight excluding hydrogens is 364 g/mol. The van der Waals surface area contributed by atoms with Gasteiger partial charge >= 0.3 is 0 Å². The van der Waals surface area contributed by atoms with Gasteiger partial charge in [0.2, 0.25) is 5.91 Å². The van der Waals surface area contributed by atoms with Crippen LogP contribution in [-0.2, 0) is 11.2 Å². The lowest BCUT2D eigenvalue weighted by Gasteiger charge is -2.09. The average molecular weight is 384 g/mol. The molecule has 8 heteroatoms. The standard InChI is InChI=1S/C19H20N4O3S/c1-3-26-15-7-5-13(8-16(15)25-2)11-21-23-18(24)10-12-4-6-14-17(9-12)27-19(20)22-14/h4-9,11H,3,10H2,1-2H3,(H2,20,22)(H,23,24)/b21-11-. The summed E-state index contributed by atoms with van der Waals surface area (Å²) in [5.41, 5.74) is 10.7. The van der Waals surface area contributed by atoms with Gasteiger partial charge in [0.15, 0.2) is 16.6 Å². The van der Waals surface area contributed by atoms with Crippen molar-refractivity contribution < 1.29 is 14.3 Å². The molecule has 1 aromatic heterocycles. The van der Waals surface area contributed by atoms with Gasteiger partial charge in [0.25, 0.3) is 0 Å². The van der Waals surface area contributed by atoms with Crippen LogP contribution in [-0.4, -0.2) is 30.8 Å². The van der Waals surface area contributed by atoms with Crippen molar-refractivity contribution in [1.29, 1.82) is 0 Å². The fourth-order valence-corrected chi connectivity index (χ4v) is 3.34. The van der Waals surface area contributed by atoms with Crippen molar-refractivity contribution in [3.8, 4) is 11.5 Å². The zero-order chi connectivity index (χ0) is 19.2. The largest absolute Gasteiger partial charge is 0.493 e. The summed E-state index contributed by atoms with van der Waals surface area (Å²) in [6, 6.07) is 11.1. The predicted octanol–water partition coefficient (Wildman–Crippen LogP) is 2.98. The number of ether oxygens (including phenoxy) is 2. The number of aromatic nitrogens is 1. The van der Waals surface area contributed by atoms with Gasteiger partial charge in [-0.1, -0.05) is 17.4 Å². The van der Waals surface area contributed by atoms with E-state index in [9.17, 15) is 4.79 Å². The number of thiazole rings is 1. The van der Waals surface area contributed by atoms with E-state index in [1.165, 1.54) is 11.3 Å². The molecular formula is C19H20N4O3S. The van der Waals surface area contributed by atoms with Gasteiger partial charge in [0, 0.05) is 0 Å². The molecule has 0 aliphatic rings. The van der Waals surface area contributed by atoms with E-state index < -0.39 is 0 Å². The van der Waals surface area contributed by atoms with Crippen LogP contribution in [0.4, 0.5) is 5.13 Å². The summed E-state index contributed by atoms with van der Waals surface area (Å²) in [5, 5.41) is 4.52. The quantitative estimate of drug-likeness (QED) is 0.482. The number of carbonyl (C=O) groups is 1. The van der Waals surface area contributed by atoms with Gasteiger partial charge in [-0.3, -0.25) is 4.79 Å². The molecule has 0 aliphatic carbocycles. The van der Waals surface area contributed by atoms with Crippen molar-refractivity contribution in [2.45, 2.75) is 13.3 Å². The molecule has 140 valence electrons. The fraction of sp³-hybridized carbons (Fsp3) is 0.211. The van der Waals surface area contributed by atoms with Gasteiger partial charge in [0.1, 0.15) is 0 Å². The summed E-state index contributed by atoms with van der Waals surface area (Å²) >= 11 is 1.40. The highest BCUT2D eigenvalue weighted by molar-refractivity contribution is 7.22. The number of hydrogen-bond donors (Lipinski definition) is 2. The number of methoxy groups -OCH3 is 1. The minimum Gasteiger partial charge on any atom is -0.493 e. The molecule has 0 spiro atoms. The maximum absolute atomic E-state index is 12.1. The van der Waals surface area contributed by atoms with E-state index in [0.29, 0.717) is 23.2 Å². The fourth-order valence-electron chi connectivity index (χ4n) is 2.54. The maximum atomic E-state index is 12.1. The third-order valence-corrected chi connectivity index (χ3v) is 4.57. The zero-order valence-corrected chi connectivity index (χ0v) is 15.9. The zero-order valence-electron chi connectivity index (χ0n) is 15.1. The number of hydrazone groups is 1. The second kappa shape index (κ2) is 8.50. The molecule has 0 saturated carbocycles. The Labute approximate surface area is 160 Å². The molecule has 0 atom stereocenters. The van der Waals surface area contributed by atoms with E-state index in [0.717, 1.165) is 21.3 Å². The van der Waals surface area contributed by atoms with Crippen molar-refractivity contribution in [3.05, 3.63) is 47.5 Å². The smallest absolute Gasteiger partial charge is 0.244 e. The van der Waals surface area contributed by atoms with Crippen LogP contribution < -0.4 is 20.6 Å². The minimum atomic E-state index is -0.207. The molecule has 0 unspecified atom stereocenters. The highest BCUT2D eigenvalue weighted by atomic mass is 32.1. The van der Waals surface area contributed by atoms with E-state index in [2.05, 4.69) is 15.5 Å². The number of fused-ring (bicyclic) bond motifs is 1. The van der Waals surface area contributed by atoms with Gasteiger partial charge in [-0.15, -0.1) is 0 Å². The van der Waals surface area contributed by atoms with Crippen LogP contribution in [0.2, 0.25) is 0 Å².